The van der Waals surface area contributed by atoms with E-state index in [0.717, 1.165) is 42.8 Å². The van der Waals surface area contributed by atoms with Gasteiger partial charge in [0.1, 0.15) is 5.82 Å². The van der Waals surface area contributed by atoms with Gasteiger partial charge in [-0.1, -0.05) is 6.07 Å². The van der Waals surface area contributed by atoms with Gasteiger partial charge in [-0.15, -0.1) is 0 Å². The summed E-state index contributed by atoms with van der Waals surface area (Å²) in [5.41, 5.74) is 1.75. The van der Waals surface area contributed by atoms with Crippen LogP contribution in [0.3, 0.4) is 0 Å². The van der Waals surface area contributed by atoms with E-state index in [1.165, 1.54) is 11.6 Å². The van der Waals surface area contributed by atoms with Crippen LogP contribution in [0, 0.1) is 5.82 Å². The number of fused-ring (bicyclic) bond motifs is 1. The highest BCUT2D eigenvalue weighted by Gasteiger charge is 2.31. The first kappa shape index (κ1) is 13.4. The molecule has 1 heterocycles. The number of hydrogen-bond donors (Lipinski definition) is 2. The van der Waals surface area contributed by atoms with Crippen LogP contribution in [0.5, 0.6) is 0 Å². The molecule has 2 nitrogen and oxygen atoms in total. The molecule has 0 radical (unpaired) electrons. The van der Waals surface area contributed by atoms with Gasteiger partial charge in [-0.2, -0.15) is 11.8 Å². The van der Waals surface area contributed by atoms with E-state index in [1.807, 2.05) is 17.8 Å². The van der Waals surface area contributed by atoms with E-state index in [4.69, 9.17) is 0 Å². The summed E-state index contributed by atoms with van der Waals surface area (Å²) < 4.78 is 13.3. The maximum absolute atomic E-state index is 13.3. The summed E-state index contributed by atoms with van der Waals surface area (Å²) in [6, 6.07) is 5.26. The predicted octanol–water partition coefficient (Wildman–Crippen LogP) is 2.66. The first-order valence-corrected chi connectivity index (χ1v) is 8.14. The molecule has 4 heteroatoms. The highest BCUT2D eigenvalue weighted by Crippen LogP contribution is 2.33. The second-order valence-electron chi connectivity index (χ2n) is 5.65. The van der Waals surface area contributed by atoms with E-state index in [9.17, 15) is 9.50 Å². The lowest BCUT2D eigenvalue weighted by molar-refractivity contribution is 0.0296. The molecule has 1 aromatic carbocycles. The van der Waals surface area contributed by atoms with Gasteiger partial charge < -0.3 is 10.4 Å². The van der Waals surface area contributed by atoms with Crippen molar-refractivity contribution in [3.63, 3.8) is 0 Å². The van der Waals surface area contributed by atoms with Gasteiger partial charge in [0.15, 0.2) is 0 Å². The van der Waals surface area contributed by atoms with E-state index < -0.39 is 5.60 Å². The first-order valence-electron chi connectivity index (χ1n) is 6.98. The summed E-state index contributed by atoms with van der Waals surface area (Å²) in [7, 11) is 0. The van der Waals surface area contributed by atoms with Gasteiger partial charge in [0.2, 0.25) is 0 Å². The van der Waals surface area contributed by atoms with E-state index >= 15 is 0 Å². The minimum atomic E-state index is -0.568. The number of benzene rings is 1. The van der Waals surface area contributed by atoms with Gasteiger partial charge in [-0.3, -0.25) is 0 Å². The molecular weight excluding hydrogens is 261 g/mol. The third kappa shape index (κ3) is 2.96. The van der Waals surface area contributed by atoms with Gasteiger partial charge >= 0.3 is 0 Å². The molecule has 2 N–H and O–H groups in total. The third-order valence-corrected chi connectivity index (χ3v) is 5.27. The van der Waals surface area contributed by atoms with E-state index in [0.29, 0.717) is 6.54 Å². The Morgan fingerprint density at radius 3 is 2.95 bits per heavy atom. The second kappa shape index (κ2) is 5.43. The van der Waals surface area contributed by atoms with Crippen molar-refractivity contribution in [2.45, 2.75) is 37.3 Å². The number of thioether (sulfide) groups is 1. The Morgan fingerprint density at radius 2 is 2.16 bits per heavy atom. The quantitative estimate of drug-likeness (QED) is 0.893. The smallest absolute Gasteiger partial charge is 0.123 e. The van der Waals surface area contributed by atoms with Crippen molar-refractivity contribution in [2.75, 3.05) is 18.1 Å². The zero-order valence-electron chi connectivity index (χ0n) is 11.0. The van der Waals surface area contributed by atoms with Crippen LogP contribution in [0.2, 0.25) is 0 Å². The van der Waals surface area contributed by atoms with E-state index in [2.05, 4.69) is 5.32 Å². The number of rotatable bonds is 3. The molecule has 1 fully saturated rings. The fourth-order valence-corrected chi connectivity index (χ4v) is 4.28. The molecule has 1 unspecified atom stereocenters. The first-order chi connectivity index (χ1) is 9.16. The van der Waals surface area contributed by atoms with Crippen LogP contribution < -0.4 is 5.32 Å². The van der Waals surface area contributed by atoms with Crippen molar-refractivity contribution in [1.29, 1.82) is 0 Å². The van der Waals surface area contributed by atoms with E-state index in [1.54, 1.807) is 6.07 Å². The van der Waals surface area contributed by atoms with Crippen LogP contribution in [-0.4, -0.2) is 28.8 Å². The third-order valence-electron chi connectivity index (χ3n) is 4.29. The van der Waals surface area contributed by atoms with Crippen LogP contribution in [-0.2, 0) is 6.42 Å². The van der Waals surface area contributed by atoms with Crippen LogP contribution in [0.25, 0.3) is 0 Å². The minimum absolute atomic E-state index is 0.166. The molecular formula is C15H20FNOS. The second-order valence-corrected chi connectivity index (χ2v) is 6.88. The van der Waals surface area contributed by atoms with Crippen molar-refractivity contribution in [3.8, 4) is 0 Å². The highest BCUT2D eigenvalue weighted by molar-refractivity contribution is 7.99. The maximum Gasteiger partial charge on any atom is 0.123 e. The van der Waals surface area contributed by atoms with Crippen molar-refractivity contribution >= 4 is 11.8 Å². The number of aliphatic hydroxyl groups is 1. The molecule has 2 aliphatic rings. The molecule has 1 atom stereocenters. The lowest BCUT2D eigenvalue weighted by atomic mass is 9.96. The van der Waals surface area contributed by atoms with Gasteiger partial charge in [-0.25, -0.2) is 4.39 Å². The standard InChI is InChI=1S/C15H20FNOS/c16-12-3-1-11-2-4-14(13(11)9-12)17-10-15(18)5-7-19-8-6-15/h1,3,9,14,17-18H,2,4-8,10H2. The number of aryl methyl sites for hydroxylation is 1. The fourth-order valence-electron chi connectivity index (χ4n) is 3.03. The molecule has 1 saturated heterocycles. The summed E-state index contributed by atoms with van der Waals surface area (Å²) >= 11 is 1.91. The fraction of sp³-hybridized carbons (Fsp3) is 0.600. The summed E-state index contributed by atoms with van der Waals surface area (Å²) in [4.78, 5) is 0. The molecule has 3 rings (SSSR count). The Bertz CT molecular complexity index is 459. The Morgan fingerprint density at radius 1 is 1.37 bits per heavy atom. The summed E-state index contributed by atoms with van der Waals surface area (Å²) in [6.45, 7) is 0.619. The molecule has 104 valence electrons. The molecule has 19 heavy (non-hydrogen) atoms. The van der Waals surface area contributed by atoms with Crippen molar-refractivity contribution in [2.24, 2.45) is 0 Å². The summed E-state index contributed by atoms with van der Waals surface area (Å²) in [6.07, 6.45) is 3.71. The Balaban J connectivity index is 1.64. The predicted molar refractivity (Wildman–Crippen MR) is 77.0 cm³/mol. The highest BCUT2D eigenvalue weighted by atomic mass is 32.2. The molecule has 0 amide bonds. The van der Waals surface area contributed by atoms with E-state index in [-0.39, 0.29) is 11.9 Å². The molecule has 1 aromatic rings. The Hall–Kier alpha value is -0.580. The zero-order valence-corrected chi connectivity index (χ0v) is 11.8. The lowest BCUT2D eigenvalue weighted by Gasteiger charge is -2.33. The molecule has 0 saturated carbocycles. The monoisotopic (exact) mass is 281 g/mol. The normalized spacial score (nSPS) is 25.3. The summed E-state index contributed by atoms with van der Waals surface area (Å²) in [5.74, 6) is 1.91. The largest absolute Gasteiger partial charge is 0.389 e. The Labute approximate surface area is 117 Å². The Kier molecular flexibility index (Phi) is 3.83. The molecule has 0 spiro atoms. The van der Waals surface area contributed by atoms with Gasteiger partial charge in [0.05, 0.1) is 5.60 Å². The SMILES string of the molecule is OC1(CNC2CCc3ccc(F)cc32)CCSCC1. The van der Waals surface area contributed by atoms with Crippen molar-refractivity contribution < 1.29 is 9.50 Å². The van der Waals surface area contributed by atoms with Crippen LogP contribution in [0.15, 0.2) is 18.2 Å². The summed E-state index contributed by atoms with van der Waals surface area (Å²) in [5, 5.41) is 13.9. The number of halogens is 1. The lowest BCUT2D eigenvalue weighted by Crippen LogP contribution is -2.44. The van der Waals surface area contributed by atoms with Gasteiger partial charge in [-0.05, 0) is 60.4 Å². The van der Waals surface area contributed by atoms with Gasteiger partial charge in [0, 0.05) is 12.6 Å². The zero-order chi connectivity index (χ0) is 13.3. The molecule has 1 aliphatic heterocycles. The topological polar surface area (TPSA) is 32.3 Å². The number of hydrogen-bond acceptors (Lipinski definition) is 3. The number of nitrogens with one attached hydrogen (secondary N) is 1. The minimum Gasteiger partial charge on any atom is -0.389 e. The average Bonchev–Trinajstić information content (AvgIpc) is 2.80. The van der Waals surface area contributed by atoms with Crippen LogP contribution >= 0.6 is 11.8 Å². The van der Waals surface area contributed by atoms with Crippen LogP contribution in [0.4, 0.5) is 4.39 Å². The maximum atomic E-state index is 13.3. The molecule has 0 aromatic heterocycles. The average molecular weight is 281 g/mol. The molecule has 1 aliphatic carbocycles. The van der Waals surface area contributed by atoms with Crippen LogP contribution in [0.1, 0.15) is 36.4 Å². The van der Waals surface area contributed by atoms with Crippen molar-refractivity contribution in [3.05, 3.63) is 35.1 Å². The van der Waals surface area contributed by atoms with Gasteiger partial charge in [0.25, 0.3) is 0 Å². The van der Waals surface area contributed by atoms with Crippen molar-refractivity contribution in [1.82, 2.24) is 5.32 Å². The molecule has 0 bridgehead atoms.